The van der Waals surface area contributed by atoms with Crippen molar-refractivity contribution in [2.75, 3.05) is 20.3 Å². The smallest absolute Gasteiger partial charge is 0.123 e. The van der Waals surface area contributed by atoms with Crippen molar-refractivity contribution in [2.45, 2.75) is 38.8 Å². The Bertz CT molecular complexity index is 397. The minimum absolute atomic E-state index is 0.0110. The molecule has 0 spiro atoms. The molecule has 1 unspecified atom stereocenters. The van der Waals surface area contributed by atoms with Gasteiger partial charge in [-0.3, -0.25) is 0 Å². The fraction of sp³-hybridized carbons (Fsp3) is 0.600. The molecular formula is C15H23NO2. The molecule has 1 aromatic carbocycles. The quantitative estimate of drug-likeness (QED) is 0.870. The van der Waals surface area contributed by atoms with Gasteiger partial charge in [-0.1, -0.05) is 17.7 Å². The highest BCUT2D eigenvalue weighted by Crippen LogP contribution is 2.24. The number of rotatable bonds is 5. The second-order valence-corrected chi connectivity index (χ2v) is 5.32. The van der Waals surface area contributed by atoms with E-state index in [1.165, 1.54) is 17.5 Å². The standard InChI is InChI=1S/C15H23NO2/c1-12-5-6-14(17-3)13(9-12)10-16-11-15(2)7-4-8-18-15/h5-6,9,16H,4,7-8,10-11H2,1-3H3. The Kier molecular flexibility index (Phi) is 4.25. The van der Waals surface area contributed by atoms with E-state index in [4.69, 9.17) is 9.47 Å². The predicted molar refractivity (Wildman–Crippen MR) is 73.0 cm³/mol. The van der Waals surface area contributed by atoms with E-state index in [1.54, 1.807) is 7.11 Å². The van der Waals surface area contributed by atoms with Gasteiger partial charge in [-0.25, -0.2) is 0 Å². The lowest BCUT2D eigenvalue weighted by molar-refractivity contribution is 0.0206. The highest BCUT2D eigenvalue weighted by Gasteiger charge is 2.29. The third kappa shape index (κ3) is 3.24. The SMILES string of the molecule is COc1ccc(C)cc1CNCC1(C)CCCO1. The summed E-state index contributed by atoms with van der Waals surface area (Å²) in [5, 5.41) is 3.48. The Labute approximate surface area is 109 Å². The molecule has 3 heteroatoms. The van der Waals surface area contributed by atoms with E-state index in [9.17, 15) is 0 Å². The summed E-state index contributed by atoms with van der Waals surface area (Å²) < 4.78 is 11.1. The molecule has 1 N–H and O–H groups in total. The molecule has 1 atom stereocenters. The van der Waals surface area contributed by atoms with Crippen molar-refractivity contribution in [2.24, 2.45) is 0 Å². The molecule has 0 radical (unpaired) electrons. The third-order valence-electron chi connectivity index (χ3n) is 3.55. The van der Waals surface area contributed by atoms with Crippen LogP contribution in [0.1, 0.15) is 30.9 Å². The van der Waals surface area contributed by atoms with Crippen LogP contribution < -0.4 is 10.1 Å². The van der Waals surface area contributed by atoms with E-state index in [0.29, 0.717) is 0 Å². The first-order valence-electron chi connectivity index (χ1n) is 6.61. The van der Waals surface area contributed by atoms with Gasteiger partial charge in [-0.05, 0) is 32.8 Å². The van der Waals surface area contributed by atoms with Crippen molar-refractivity contribution < 1.29 is 9.47 Å². The van der Waals surface area contributed by atoms with Crippen molar-refractivity contribution in [1.82, 2.24) is 5.32 Å². The van der Waals surface area contributed by atoms with Crippen molar-refractivity contribution in [3.63, 3.8) is 0 Å². The van der Waals surface area contributed by atoms with Gasteiger partial charge in [0.1, 0.15) is 5.75 Å². The molecule has 0 bridgehead atoms. The lowest BCUT2D eigenvalue weighted by Crippen LogP contribution is -2.36. The van der Waals surface area contributed by atoms with Crippen LogP contribution in [0.15, 0.2) is 18.2 Å². The molecule has 1 heterocycles. The number of methoxy groups -OCH3 is 1. The number of benzene rings is 1. The molecule has 0 aliphatic carbocycles. The topological polar surface area (TPSA) is 30.5 Å². The van der Waals surface area contributed by atoms with E-state index in [-0.39, 0.29) is 5.60 Å². The molecule has 1 saturated heterocycles. The fourth-order valence-electron chi connectivity index (χ4n) is 2.48. The number of hydrogen-bond acceptors (Lipinski definition) is 3. The number of hydrogen-bond donors (Lipinski definition) is 1. The van der Waals surface area contributed by atoms with Gasteiger partial charge in [0.05, 0.1) is 12.7 Å². The summed E-state index contributed by atoms with van der Waals surface area (Å²) in [7, 11) is 1.72. The lowest BCUT2D eigenvalue weighted by atomic mass is 10.0. The van der Waals surface area contributed by atoms with Crippen LogP contribution in [0.2, 0.25) is 0 Å². The molecule has 1 aliphatic rings. The number of nitrogens with one attached hydrogen (secondary N) is 1. The Balaban J connectivity index is 1.91. The molecule has 0 saturated carbocycles. The summed E-state index contributed by atoms with van der Waals surface area (Å²) in [6.07, 6.45) is 2.32. The maximum atomic E-state index is 5.76. The summed E-state index contributed by atoms with van der Waals surface area (Å²) in [6.45, 7) is 6.89. The van der Waals surface area contributed by atoms with Gasteiger partial charge in [-0.2, -0.15) is 0 Å². The maximum Gasteiger partial charge on any atom is 0.123 e. The van der Waals surface area contributed by atoms with Crippen LogP contribution in [0.25, 0.3) is 0 Å². The van der Waals surface area contributed by atoms with Crippen molar-refractivity contribution in [1.29, 1.82) is 0 Å². The average molecular weight is 249 g/mol. The first kappa shape index (κ1) is 13.4. The largest absolute Gasteiger partial charge is 0.496 e. The van der Waals surface area contributed by atoms with E-state index >= 15 is 0 Å². The van der Waals surface area contributed by atoms with Crippen molar-refractivity contribution >= 4 is 0 Å². The Morgan fingerprint density at radius 1 is 1.44 bits per heavy atom. The number of ether oxygens (including phenoxy) is 2. The molecule has 0 amide bonds. The highest BCUT2D eigenvalue weighted by molar-refractivity contribution is 5.36. The minimum Gasteiger partial charge on any atom is -0.496 e. The summed E-state index contributed by atoms with van der Waals surface area (Å²) in [5.41, 5.74) is 2.48. The average Bonchev–Trinajstić information content (AvgIpc) is 2.77. The van der Waals surface area contributed by atoms with Crippen LogP contribution >= 0.6 is 0 Å². The van der Waals surface area contributed by atoms with Crippen LogP contribution in [0.4, 0.5) is 0 Å². The lowest BCUT2D eigenvalue weighted by Gasteiger charge is -2.23. The van der Waals surface area contributed by atoms with Crippen LogP contribution in [0.5, 0.6) is 5.75 Å². The first-order valence-corrected chi connectivity index (χ1v) is 6.61. The summed E-state index contributed by atoms with van der Waals surface area (Å²) in [6, 6.07) is 6.27. The van der Waals surface area contributed by atoms with Gasteiger partial charge >= 0.3 is 0 Å². The normalized spacial score (nSPS) is 23.3. The van der Waals surface area contributed by atoms with Crippen molar-refractivity contribution in [3.05, 3.63) is 29.3 Å². The second-order valence-electron chi connectivity index (χ2n) is 5.32. The highest BCUT2D eigenvalue weighted by atomic mass is 16.5. The van der Waals surface area contributed by atoms with E-state index < -0.39 is 0 Å². The van der Waals surface area contributed by atoms with Gasteiger partial charge in [0.25, 0.3) is 0 Å². The Hall–Kier alpha value is -1.06. The maximum absolute atomic E-state index is 5.76. The third-order valence-corrected chi connectivity index (χ3v) is 3.55. The zero-order valence-electron chi connectivity index (χ0n) is 11.6. The van der Waals surface area contributed by atoms with Gasteiger partial charge < -0.3 is 14.8 Å². The molecule has 0 aromatic heterocycles. The molecule has 3 nitrogen and oxygen atoms in total. The first-order chi connectivity index (χ1) is 8.63. The van der Waals surface area contributed by atoms with E-state index in [0.717, 1.165) is 31.9 Å². The van der Waals surface area contributed by atoms with Crippen LogP contribution in [-0.2, 0) is 11.3 Å². The van der Waals surface area contributed by atoms with Gasteiger partial charge in [0.2, 0.25) is 0 Å². The zero-order valence-corrected chi connectivity index (χ0v) is 11.6. The molecule has 1 aliphatic heterocycles. The van der Waals surface area contributed by atoms with Crippen LogP contribution in [0, 0.1) is 6.92 Å². The van der Waals surface area contributed by atoms with Gasteiger partial charge in [0, 0.05) is 25.3 Å². The van der Waals surface area contributed by atoms with Gasteiger partial charge in [-0.15, -0.1) is 0 Å². The zero-order chi connectivity index (χ0) is 13.0. The Morgan fingerprint density at radius 3 is 2.94 bits per heavy atom. The van der Waals surface area contributed by atoms with Crippen LogP contribution in [-0.4, -0.2) is 25.9 Å². The minimum atomic E-state index is 0.0110. The van der Waals surface area contributed by atoms with Gasteiger partial charge in [0.15, 0.2) is 0 Å². The molecule has 1 aromatic rings. The monoisotopic (exact) mass is 249 g/mol. The summed E-state index contributed by atoms with van der Waals surface area (Å²) in [5.74, 6) is 0.950. The van der Waals surface area contributed by atoms with Crippen LogP contribution in [0.3, 0.4) is 0 Å². The second kappa shape index (κ2) is 5.72. The molecule has 100 valence electrons. The molecule has 1 fully saturated rings. The summed E-state index contributed by atoms with van der Waals surface area (Å²) >= 11 is 0. The summed E-state index contributed by atoms with van der Waals surface area (Å²) in [4.78, 5) is 0. The fourth-order valence-corrected chi connectivity index (χ4v) is 2.48. The van der Waals surface area contributed by atoms with Crippen molar-refractivity contribution in [3.8, 4) is 5.75 Å². The van der Waals surface area contributed by atoms with E-state index in [2.05, 4.69) is 31.3 Å². The van der Waals surface area contributed by atoms with E-state index in [1.807, 2.05) is 6.07 Å². The molecule has 18 heavy (non-hydrogen) atoms. The Morgan fingerprint density at radius 2 is 2.28 bits per heavy atom. The predicted octanol–water partition coefficient (Wildman–Crippen LogP) is 2.66. The number of aryl methyl sites for hydroxylation is 1. The molecule has 2 rings (SSSR count). The molecular weight excluding hydrogens is 226 g/mol.